The topological polar surface area (TPSA) is 33.3 Å². The van der Waals surface area contributed by atoms with Gasteiger partial charge in [-0.3, -0.25) is 0 Å². The highest BCUT2D eigenvalue weighted by Gasteiger charge is 2.16. The second-order valence-corrected chi connectivity index (χ2v) is 5.34. The standard InChI is InChI=1S/C15H22N2O/c1-6-14-13(5-3-9-17-14)15(7-1)18-11-12-4-2-8-16-10-12/h1,6-7,12,16-17H,2-5,8-11H2. The van der Waals surface area contributed by atoms with Gasteiger partial charge in [0.25, 0.3) is 0 Å². The van der Waals surface area contributed by atoms with Crippen molar-refractivity contribution in [3.63, 3.8) is 0 Å². The van der Waals surface area contributed by atoms with E-state index >= 15 is 0 Å². The summed E-state index contributed by atoms with van der Waals surface area (Å²) >= 11 is 0. The lowest BCUT2D eigenvalue weighted by Gasteiger charge is -2.25. The molecule has 18 heavy (non-hydrogen) atoms. The van der Waals surface area contributed by atoms with Gasteiger partial charge in [-0.05, 0) is 44.4 Å². The van der Waals surface area contributed by atoms with E-state index in [1.165, 1.54) is 37.1 Å². The van der Waals surface area contributed by atoms with Crippen LogP contribution in [0.15, 0.2) is 18.2 Å². The first-order chi connectivity index (χ1) is 8.93. The lowest BCUT2D eigenvalue weighted by Crippen LogP contribution is -2.33. The molecule has 1 saturated heterocycles. The Morgan fingerprint density at radius 1 is 1.22 bits per heavy atom. The van der Waals surface area contributed by atoms with Crippen molar-refractivity contribution in [3.05, 3.63) is 23.8 Å². The van der Waals surface area contributed by atoms with E-state index in [4.69, 9.17) is 4.74 Å². The van der Waals surface area contributed by atoms with Crippen LogP contribution in [-0.4, -0.2) is 26.2 Å². The first-order valence-corrected chi connectivity index (χ1v) is 7.13. The molecule has 0 bridgehead atoms. The molecule has 3 heteroatoms. The Kier molecular flexibility index (Phi) is 3.69. The SMILES string of the molecule is c1cc2c(c(OCC3CCCNC3)c1)CCCN2. The lowest BCUT2D eigenvalue weighted by atomic mass is 10.0. The molecule has 1 fully saturated rings. The smallest absolute Gasteiger partial charge is 0.124 e. The van der Waals surface area contributed by atoms with E-state index in [1.54, 1.807) is 0 Å². The van der Waals surface area contributed by atoms with Gasteiger partial charge in [0.2, 0.25) is 0 Å². The predicted octanol–water partition coefficient (Wildman–Crippen LogP) is 2.42. The Hall–Kier alpha value is -1.22. The maximum absolute atomic E-state index is 6.06. The van der Waals surface area contributed by atoms with Gasteiger partial charge in [0.1, 0.15) is 5.75 Å². The van der Waals surface area contributed by atoms with Gasteiger partial charge in [0.05, 0.1) is 6.61 Å². The molecule has 3 nitrogen and oxygen atoms in total. The number of hydrogen-bond donors (Lipinski definition) is 2. The van der Waals surface area contributed by atoms with Gasteiger partial charge in [-0.1, -0.05) is 6.07 Å². The van der Waals surface area contributed by atoms with Crippen LogP contribution in [0.25, 0.3) is 0 Å². The largest absolute Gasteiger partial charge is 0.493 e. The second-order valence-electron chi connectivity index (χ2n) is 5.34. The number of rotatable bonds is 3. The normalized spacial score (nSPS) is 23.0. The van der Waals surface area contributed by atoms with Crippen molar-refractivity contribution in [2.24, 2.45) is 5.92 Å². The molecule has 2 N–H and O–H groups in total. The van der Waals surface area contributed by atoms with Gasteiger partial charge < -0.3 is 15.4 Å². The number of anilines is 1. The monoisotopic (exact) mass is 246 g/mol. The van der Waals surface area contributed by atoms with E-state index in [2.05, 4.69) is 28.8 Å². The van der Waals surface area contributed by atoms with Crippen LogP contribution in [0.4, 0.5) is 5.69 Å². The number of nitrogens with one attached hydrogen (secondary N) is 2. The summed E-state index contributed by atoms with van der Waals surface area (Å²) in [6, 6.07) is 6.36. The van der Waals surface area contributed by atoms with Crippen LogP contribution >= 0.6 is 0 Å². The maximum Gasteiger partial charge on any atom is 0.124 e. The zero-order valence-corrected chi connectivity index (χ0v) is 10.9. The Morgan fingerprint density at radius 3 is 3.11 bits per heavy atom. The third kappa shape index (κ3) is 2.61. The van der Waals surface area contributed by atoms with Gasteiger partial charge in [0, 0.05) is 30.3 Å². The predicted molar refractivity (Wildman–Crippen MR) is 74.3 cm³/mol. The Balaban J connectivity index is 1.65. The number of ether oxygens (including phenoxy) is 1. The fraction of sp³-hybridized carbons (Fsp3) is 0.600. The molecule has 0 aliphatic carbocycles. The minimum Gasteiger partial charge on any atom is -0.493 e. The van der Waals surface area contributed by atoms with Crippen molar-refractivity contribution < 1.29 is 4.74 Å². The summed E-state index contributed by atoms with van der Waals surface area (Å²) in [5, 5.41) is 6.89. The summed E-state index contributed by atoms with van der Waals surface area (Å²) in [5.74, 6) is 1.76. The third-order valence-corrected chi connectivity index (χ3v) is 3.93. The molecule has 2 aliphatic rings. The van der Waals surface area contributed by atoms with E-state index in [1.807, 2.05) is 0 Å². The van der Waals surface area contributed by atoms with Crippen molar-refractivity contribution in [2.45, 2.75) is 25.7 Å². The van der Waals surface area contributed by atoms with Gasteiger partial charge in [0.15, 0.2) is 0 Å². The van der Waals surface area contributed by atoms with Crippen LogP contribution < -0.4 is 15.4 Å². The van der Waals surface area contributed by atoms with Gasteiger partial charge in [-0.25, -0.2) is 0 Å². The highest BCUT2D eigenvalue weighted by molar-refractivity contribution is 5.59. The molecular formula is C15H22N2O. The zero-order valence-electron chi connectivity index (χ0n) is 10.9. The summed E-state index contributed by atoms with van der Waals surface area (Å²) in [7, 11) is 0. The molecule has 0 aromatic heterocycles. The summed E-state index contributed by atoms with van der Waals surface area (Å²) in [5.41, 5.74) is 2.63. The molecule has 1 unspecified atom stereocenters. The highest BCUT2D eigenvalue weighted by atomic mass is 16.5. The zero-order chi connectivity index (χ0) is 12.2. The Morgan fingerprint density at radius 2 is 2.22 bits per heavy atom. The van der Waals surface area contributed by atoms with E-state index in [9.17, 15) is 0 Å². The first kappa shape index (κ1) is 11.8. The fourth-order valence-corrected chi connectivity index (χ4v) is 2.89. The van der Waals surface area contributed by atoms with Crippen LogP contribution in [0.3, 0.4) is 0 Å². The van der Waals surface area contributed by atoms with Crippen molar-refractivity contribution in [1.29, 1.82) is 0 Å². The number of benzene rings is 1. The van der Waals surface area contributed by atoms with Crippen molar-refractivity contribution >= 4 is 5.69 Å². The van der Waals surface area contributed by atoms with Gasteiger partial charge in [-0.2, -0.15) is 0 Å². The van der Waals surface area contributed by atoms with Crippen LogP contribution in [0, 0.1) is 5.92 Å². The minimum absolute atomic E-state index is 0.672. The van der Waals surface area contributed by atoms with Crippen molar-refractivity contribution in [2.75, 3.05) is 31.6 Å². The van der Waals surface area contributed by atoms with E-state index < -0.39 is 0 Å². The minimum atomic E-state index is 0.672. The Labute approximate surface area is 109 Å². The average molecular weight is 246 g/mol. The molecule has 1 atom stereocenters. The molecule has 1 aromatic rings. The van der Waals surface area contributed by atoms with E-state index in [0.29, 0.717) is 5.92 Å². The number of piperidine rings is 1. The van der Waals surface area contributed by atoms with Crippen molar-refractivity contribution in [1.82, 2.24) is 5.32 Å². The van der Waals surface area contributed by atoms with Crippen LogP contribution in [-0.2, 0) is 6.42 Å². The molecular weight excluding hydrogens is 224 g/mol. The van der Waals surface area contributed by atoms with Crippen LogP contribution in [0.1, 0.15) is 24.8 Å². The maximum atomic E-state index is 6.06. The summed E-state index contributed by atoms with van der Waals surface area (Å²) in [4.78, 5) is 0. The van der Waals surface area contributed by atoms with E-state index in [-0.39, 0.29) is 0 Å². The molecule has 1 aromatic carbocycles. The van der Waals surface area contributed by atoms with Crippen LogP contribution in [0.5, 0.6) is 5.75 Å². The quantitative estimate of drug-likeness (QED) is 0.859. The van der Waals surface area contributed by atoms with Gasteiger partial charge in [-0.15, -0.1) is 0 Å². The first-order valence-electron chi connectivity index (χ1n) is 7.13. The molecule has 0 spiro atoms. The van der Waals surface area contributed by atoms with E-state index in [0.717, 1.165) is 31.9 Å². The summed E-state index contributed by atoms with van der Waals surface area (Å²) in [6.45, 7) is 4.21. The van der Waals surface area contributed by atoms with Crippen LogP contribution in [0.2, 0.25) is 0 Å². The molecule has 2 aliphatic heterocycles. The number of fused-ring (bicyclic) bond motifs is 1. The fourth-order valence-electron chi connectivity index (χ4n) is 2.89. The average Bonchev–Trinajstić information content (AvgIpc) is 2.46. The molecule has 3 rings (SSSR count). The molecule has 98 valence electrons. The summed E-state index contributed by atoms with van der Waals surface area (Å²) < 4.78 is 6.06. The Bertz CT molecular complexity index is 399. The van der Waals surface area contributed by atoms with Crippen molar-refractivity contribution in [3.8, 4) is 5.75 Å². The second kappa shape index (κ2) is 5.61. The lowest BCUT2D eigenvalue weighted by molar-refractivity contribution is 0.217. The highest BCUT2D eigenvalue weighted by Crippen LogP contribution is 2.31. The molecule has 0 radical (unpaired) electrons. The molecule has 0 amide bonds. The van der Waals surface area contributed by atoms with Gasteiger partial charge >= 0.3 is 0 Å². The summed E-state index contributed by atoms with van der Waals surface area (Å²) in [6.07, 6.45) is 4.92. The molecule has 2 heterocycles. The molecule has 0 saturated carbocycles. The number of hydrogen-bond acceptors (Lipinski definition) is 3. The third-order valence-electron chi connectivity index (χ3n) is 3.93.